The van der Waals surface area contributed by atoms with E-state index in [2.05, 4.69) is 346 Å². The van der Waals surface area contributed by atoms with Crippen molar-refractivity contribution in [1.82, 2.24) is 8.80 Å². The number of aromatic nitrogens is 2. The Morgan fingerprint density at radius 3 is 1.22 bits per heavy atom. The molecule has 0 atom stereocenters. The lowest BCUT2D eigenvalue weighted by molar-refractivity contribution is 0.669. The molecule has 0 spiro atoms. The van der Waals surface area contributed by atoms with Crippen LogP contribution in [0.2, 0.25) is 0 Å². The molecular formula is C90H54N4O2. The Bertz CT molecular complexity index is 6690. The highest BCUT2D eigenvalue weighted by molar-refractivity contribution is 6.40. The first-order valence-corrected chi connectivity index (χ1v) is 32.9. The van der Waals surface area contributed by atoms with Gasteiger partial charge in [0.2, 0.25) is 0 Å². The zero-order valence-corrected chi connectivity index (χ0v) is 51.8. The van der Waals surface area contributed by atoms with Crippen molar-refractivity contribution in [3.8, 4) is 44.5 Å². The van der Waals surface area contributed by atoms with Crippen molar-refractivity contribution in [1.29, 1.82) is 0 Å². The largest absolute Gasteiger partial charge is 0.454 e. The van der Waals surface area contributed by atoms with Gasteiger partial charge in [-0.2, -0.15) is 0 Å². The van der Waals surface area contributed by atoms with Crippen molar-refractivity contribution in [2.24, 2.45) is 0 Å². The van der Waals surface area contributed by atoms with Crippen LogP contribution in [-0.2, 0) is 0 Å². The van der Waals surface area contributed by atoms with Crippen LogP contribution >= 0.6 is 0 Å². The number of rotatable bonds is 10. The number of hydrogen-bond donors (Lipinski definition) is 0. The fourth-order valence-electron chi connectivity index (χ4n) is 16.5. The molecule has 21 aromatic rings. The van der Waals surface area contributed by atoms with E-state index in [4.69, 9.17) is 8.83 Å². The normalized spacial score (nSPS) is 12.2. The van der Waals surface area contributed by atoms with E-state index in [1.165, 1.54) is 49.3 Å². The average molecular weight is 1220 g/mol. The standard InChI is InChI=1S/C90H54N4O2/c1-6-26-55(27-7-1)59-34-20-37-61(54-59)92(75-49-23-41-66-64-39-17-19-51-77(64)96-90(66)75)71-45-25-46-72-80(71)67-42-21-43-68-83-78(57-30-10-3-11-31-57)88-84(79(58-32-12-4-13-33-58)87(83)93(72)85(67)68)82-62(56-28-8-2-9-29-56)52-53-69-81-70(44-24-47-73(81)94(88)86(69)82)91(60-35-14-5-15-36-60)74-48-22-40-65-63-38-16-18-50-76(63)95-89(65)74/h1-54H. The van der Waals surface area contributed by atoms with E-state index in [9.17, 15) is 0 Å². The van der Waals surface area contributed by atoms with Gasteiger partial charge in [0, 0.05) is 87.1 Å². The molecule has 0 saturated heterocycles. The predicted molar refractivity (Wildman–Crippen MR) is 401 cm³/mol. The first-order chi connectivity index (χ1) is 47.7. The molecule has 0 aliphatic rings. The number of furan rings is 2. The van der Waals surface area contributed by atoms with Gasteiger partial charge in [-0.15, -0.1) is 0 Å². The van der Waals surface area contributed by atoms with E-state index in [-0.39, 0.29) is 0 Å². The fraction of sp³-hybridized carbons (Fsp3) is 0. The van der Waals surface area contributed by atoms with Crippen molar-refractivity contribution >= 4 is 154 Å². The van der Waals surface area contributed by atoms with Gasteiger partial charge in [0.15, 0.2) is 11.2 Å². The Labute approximate surface area is 550 Å². The van der Waals surface area contributed by atoms with Gasteiger partial charge in [-0.3, -0.25) is 0 Å². The second kappa shape index (κ2) is 20.3. The van der Waals surface area contributed by atoms with Crippen LogP contribution in [0.15, 0.2) is 336 Å². The average Bonchev–Trinajstić information content (AvgIpc) is 1.49. The monoisotopic (exact) mass is 1220 g/mol. The van der Waals surface area contributed by atoms with Crippen LogP contribution in [0, 0.1) is 0 Å². The summed E-state index contributed by atoms with van der Waals surface area (Å²) in [5, 5.41) is 13.8. The summed E-state index contributed by atoms with van der Waals surface area (Å²) in [6.07, 6.45) is 0. The fourth-order valence-corrected chi connectivity index (χ4v) is 16.5. The number of nitrogens with zero attached hydrogens (tertiary/aromatic N) is 4. The molecule has 6 heterocycles. The van der Waals surface area contributed by atoms with Gasteiger partial charge in [0.05, 0.1) is 55.8 Å². The van der Waals surface area contributed by atoms with E-state index in [0.717, 1.165) is 149 Å². The predicted octanol–water partition coefficient (Wildman–Crippen LogP) is 25.4. The molecule has 446 valence electrons. The quantitative estimate of drug-likeness (QED) is 0.137. The highest BCUT2D eigenvalue weighted by Gasteiger charge is 2.34. The molecule has 0 aliphatic carbocycles. The lowest BCUT2D eigenvalue weighted by Crippen LogP contribution is -2.11. The summed E-state index contributed by atoms with van der Waals surface area (Å²) in [4.78, 5) is 4.87. The van der Waals surface area contributed by atoms with Crippen molar-refractivity contribution < 1.29 is 8.83 Å². The first-order valence-electron chi connectivity index (χ1n) is 32.9. The SMILES string of the molecule is c1ccc(-c2cccc(N(c3cccc4c3oc3ccccc34)c3cccc4c3c3cccc5c6c(-c7ccccc7)c7c(c(-c8ccccc8)c6n4c35)c3c(-c4ccccc4)ccc4c5c(N(c6ccccc6)c6cccc8c6oc6ccccc68)cccc5n7c43)c2)cc1. The molecule has 0 N–H and O–H groups in total. The molecule has 0 bridgehead atoms. The molecule has 6 heteroatoms. The molecule has 6 nitrogen and oxygen atoms in total. The van der Waals surface area contributed by atoms with Gasteiger partial charge in [0.25, 0.3) is 0 Å². The third-order valence-electron chi connectivity index (χ3n) is 20.3. The van der Waals surface area contributed by atoms with E-state index < -0.39 is 0 Å². The van der Waals surface area contributed by atoms with Crippen LogP contribution in [0.25, 0.3) is 165 Å². The molecule has 0 unspecified atom stereocenters. The van der Waals surface area contributed by atoms with E-state index in [0.29, 0.717) is 0 Å². The molecule has 0 amide bonds. The third-order valence-corrected chi connectivity index (χ3v) is 20.3. The highest BCUT2D eigenvalue weighted by atomic mass is 16.3. The van der Waals surface area contributed by atoms with Crippen LogP contribution < -0.4 is 9.80 Å². The lowest BCUT2D eigenvalue weighted by Gasteiger charge is -2.27. The zero-order valence-electron chi connectivity index (χ0n) is 51.8. The maximum Gasteiger partial charge on any atom is 0.159 e. The summed E-state index contributed by atoms with van der Waals surface area (Å²) in [6.45, 7) is 0. The van der Waals surface area contributed by atoms with Crippen molar-refractivity contribution in [2.45, 2.75) is 0 Å². The van der Waals surface area contributed by atoms with Crippen LogP contribution in [0.3, 0.4) is 0 Å². The van der Waals surface area contributed by atoms with Gasteiger partial charge >= 0.3 is 0 Å². The minimum Gasteiger partial charge on any atom is -0.454 e. The Kier molecular flexibility index (Phi) is 11.1. The molecule has 96 heavy (non-hydrogen) atoms. The van der Waals surface area contributed by atoms with Crippen LogP contribution in [0.4, 0.5) is 34.1 Å². The van der Waals surface area contributed by atoms with Gasteiger partial charge in [-0.1, -0.05) is 255 Å². The lowest BCUT2D eigenvalue weighted by atomic mass is 9.87. The number of para-hydroxylation sites is 6. The molecular weight excluding hydrogens is 1170 g/mol. The number of anilines is 6. The van der Waals surface area contributed by atoms with Gasteiger partial charge in [-0.25, -0.2) is 0 Å². The molecule has 0 radical (unpaired) electrons. The minimum absolute atomic E-state index is 0.834. The maximum absolute atomic E-state index is 7.01. The molecule has 6 aromatic heterocycles. The Hall–Kier alpha value is -12.9. The minimum atomic E-state index is 0.834. The van der Waals surface area contributed by atoms with Gasteiger partial charge in [-0.05, 0) is 106 Å². The molecule has 15 aromatic carbocycles. The van der Waals surface area contributed by atoms with Crippen LogP contribution in [-0.4, -0.2) is 8.80 Å². The molecule has 0 aliphatic heterocycles. The van der Waals surface area contributed by atoms with E-state index in [1.54, 1.807) is 0 Å². The molecule has 0 fully saturated rings. The van der Waals surface area contributed by atoms with Crippen molar-refractivity contribution in [2.75, 3.05) is 9.80 Å². The smallest absolute Gasteiger partial charge is 0.159 e. The summed E-state index contributed by atoms with van der Waals surface area (Å²) in [7, 11) is 0. The Morgan fingerprint density at radius 2 is 0.625 bits per heavy atom. The first kappa shape index (κ1) is 52.7. The third kappa shape index (κ3) is 7.35. The topological polar surface area (TPSA) is 41.6 Å². The van der Waals surface area contributed by atoms with E-state index >= 15 is 0 Å². The van der Waals surface area contributed by atoms with Crippen LogP contribution in [0.5, 0.6) is 0 Å². The maximum atomic E-state index is 7.01. The second-order valence-corrected chi connectivity index (χ2v) is 25.3. The number of hydrogen-bond acceptors (Lipinski definition) is 4. The summed E-state index contributed by atoms with van der Waals surface area (Å²) < 4.78 is 19.2. The van der Waals surface area contributed by atoms with Crippen molar-refractivity contribution in [3.63, 3.8) is 0 Å². The van der Waals surface area contributed by atoms with Gasteiger partial charge in [0.1, 0.15) is 11.2 Å². The number of benzene rings is 15. The van der Waals surface area contributed by atoms with Gasteiger partial charge < -0.3 is 27.4 Å². The zero-order chi connectivity index (χ0) is 62.7. The highest BCUT2D eigenvalue weighted by Crippen LogP contribution is 2.58. The Balaban J connectivity index is 0.935. The summed E-state index contributed by atoms with van der Waals surface area (Å²) in [5.74, 6) is 0. The van der Waals surface area contributed by atoms with Crippen LogP contribution in [0.1, 0.15) is 0 Å². The molecule has 21 rings (SSSR count). The van der Waals surface area contributed by atoms with Crippen molar-refractivity contribution in [3.05, 3.63) is 328 Å². The number of fused-ring (bicyclic) bond motifs is 18. The summed E-state index contributed by atoms with van der Waals surface area (Å²) in [5.41, 5.74) is 25.6. The molecule has 0 saturated carbocycles. The second-order valence-electron chi connectivity index (χ2n) is 25.3. The summed E-state index contributed by atoms with van der Waals surface area (Å²) >= 11 is 0. The summed E-state index contributed by atoms with van der Waals surface area (Å²) in [6, 6.07) is 120. The van der Waals surface area contributed by atoms with E-state index in [1.807, 2.05) is 0 Å². The Morgan fingerprint density at radius 1 is 0.229 bits per heavy atom.